The van der Waals surface area contributed by atoms with Crippen LogP contribution in [0, 0.1) is 17.8 Å². The highest BCUT2D eigenvalue weighted by molar-refractivity contribution is 8.00. The first-order valence-electron chi connectivity index (χ1n) is 8.06. The molecule has 0 aromatic heterocycles. The maximum atomic E-state index is 6.42. The van der Waals surface area contributed by atoms with Crippen molar-refractivity contribution in [1.29, 1.82) is 0 Å². The van der Waals surface area contributed by atoms with Gasteiger partial charge in [0.05, 0.1) is 4.90 Å². The van der Waals surface area contributed by atoms with E-state index in [0.717, 1.165) is 17.6 Å². The molecule has 0 bridgehead atoms. The van der Waals surface area contributed by atoms with E-state index in [2.05, 4.69) is 50.2 Å². The van der Waals surface area contributed by atoms with E-state index < -0.39 is 0 Å². The van der Waals surface area contributed by atoms with Crippen LogP contribution in [0.1, 0.15) is 33.1 Å². The van der Waals surface area contributed by atoms with Gasteiger partial charge in [0.1, 0.15) is 5.75 Å². The average Bonchev–Trinajstić information content (AvgIpc) is 2.91. The number of benzene rings is 2. The predicted octanol–water partition coefficient (Wildman–Crippen LogP) is 5.72. The largest absolute Gasteiger partial charge is 0.477 e. The topological polar surface area (TPSA) is 9.23 Å². The van der Waals surface area contributed by atoms with Crippen LogP contribution in [0.3, 0.4) is 0 Å². The van der Waals surface area contributed by atoms with Gasteiger partial charge in [-0.15, -0.1) is 0 Å². The van der Waals surface area contributed by atoms with Crippen LogP contribution >= 0.6 is 11.8 Å². The van der Waals surface area contributed by atoms with Gasteiger partial charge in [0.15, 0.2) is 5.44 Å². The first kappa shape index (κ1) is 13.5. The minimum atomic E-state index is 0.316. The Morgan fingerprint density at radius 1 is 0.952 bits per heavy atom. The van der Waals surface area contributed by atoms with Gasteiger partial charge in [0.2, 0.25) is 0 Å². The van der Waals surface area contributed by atoms with Crippen molar-refractivity contribution in [3.05, 3.63) is 36.4 Å². The molecule has 2 heteroatoms. The highest BCUT2D eigenvalue weighted by Crippen LogP contribution is 2.50. The molecule has 0 amide bonds. The highest BCUT2D eigenvalue weighted by atomic mass is 32.2. The molecule has 2 aliphatic rings. The number of hydrogen-bond acceptors (Lipinski definition) is 2. The first-order chi connectivity index (χ1) is 10.2. The Labute approximate surface area is 131 Å². The van der Waals surface area contributed by atoms with Crippen LogP contribution in [0.4, 0.5) is 0 Å². The molecule has 2 aromatic carbocycles. The fourth-order valence-electron chi connectivity index (χ4n) is 4.13. The zero-order valence-electron chi connectivity index (χ0n) is 12.7. The lowest BCUT2D eigenvalue weighted by Crippen LogP contribution is -2.29. The molecular formula is C19H22OS. The summed E-state index contributed by atoms with van der Waals surface area (Å²) in [5, 5.41) is 2.55. The lowest BCUT2D eigenvalue weighted by Gasteiger charge is -2.34. The third kappa shape index (κ3) is 2.44. The summed E-state index contributed by atoms with van der Waals surface area (Å²) in [7, 11) is 0. The van der Waals surface area contributed by atoms with E-state index >= 15 is 0 Å². The second kappa shape index (κ2) is 5.24. The fourth-order valence-corrected chi connectivity index (χ4v) is 5.35. The predicted molar refractivity (Wildman–Crippen MR) is 89.9 cm³/mol. The van der Waals surface area contributed by atoms with Crippen LogP contribution in [0.5, 0.6) is 5.75 Å². The molecule has 1 aliphatic carbocycles. The number of thioether (sulfide) groups is 1. The molecule has 0 N–H and O–H groups in total. The van der Waals surface area contributed by atoms with Crippen molar-refractivity contribution in [3.63, 3.8) is 0 Å². The van der Waals surface area contributed by atoms with Crippen molar-refractivity contribution in [1.82, 2.24) is 0 Å². The molecule has 1 nitrogen and oxygen atoms in total. The quantitative estimate of drug-likeness (QED) is 0.665. The van der Waals surface area contributed by atoms with Gasteiger partial charge in [0.25, 0.3) is 0 Å². The Kier molecular flexibility index (Phi) is 3.37. The van der Waals surface area contributed by atoms with E-state index in [1.165, 1.54) is 34.9 Å². The molecule has 1 aliphatic heterocycles. The Morgan fingerprint density at radius 3 is 2.52 bits per heavy atom. The SMILES string of the molecule is CC1CC(C)CC(C2Oc3c(ccc4ccccc34)S2)C1. The molecular weight excluding hydrogens is 276 g/mol. The van der Waals surface area contributed by atoms with E-state index in [1.807, 2.05) is 11.8 Å². The van der Waals surface area contributed by atoms with Gasteiger partial charge in [-0.1, -0.05) is 55.9 Å². The van der Waals surface area contributed by atoms with Crippen molar-refractivity contribution >= 4 is 22.5 Å². The summed E-state index contributed by atoms with van der Waals surface area (Å²) in [5.41, 5.74) is 0.316. The lowest BCUT2D eigenvalue weighted by atomic mass is 9.77. The minimum absolute atomic E-state index is 0.316. The van der Waals surface area contributed by atoms with Crippen LogP contribution in [0.15, 0.2) is 41.3 Å². The first-order valence-corrected chi connectivity index (χ1v) is 8.93. The molecule has 3 unspecified atom stereocenters. The normalized spacial score (nSPS) is 31.9. The van der Waals surface area contributed by atoms with E-state index in [4.69, 9.17) is 4.74 Å². The lowest BCUT2D eigenvalue weighted by molar-refractivity contribution is 0.134. The number of fused-ring (bicyclic) bond motifs is 3. The minimum Gasteiger partial charge on any atom is -0.477 e. The van der Waals surface area contributed by atoms with Crippen molar-refractivity contribution in [2.45, 2.75) is 43.4 Å². The Balaban J connectivity index is 1.63. The number of hydrogen-bond donors (Lipinski definition) is 0. The molecule has 110 valence electrons. The zero-order chi connectivity index (χ0) is 14.4. The maximum Gasteiger partial charge on any atom is 0.151 e. The summed E-state index contributed by atoms with van der Waals surface area (Å²) in [6, 6.07) is 13.0. The second-order valence-corrected chi connectivity index (χ2v) is 8.04. The van der Waals surface area contributed by atoms with Gasteiger partial charge < -0.3 is 4.74 Å². The third-order valence-electron chi connectivity index (χ3n) is 4.92. The molecule has 4 rings (SSSR count). The van der Waals surface area contributed by atoms with Crippen molar-refractivity contribution in [3.8, 4) is 5.75 Å². The van der Waals surface area contributed by atoms with Gasteiger partial charge in [-0.3, -0.25) is 0 Å². The zero-order valence-corrected chi connectivity index (χ0v) is 13.5. The van der Waals surface area contributed by atoms with Gasteiger partial charge in [-0.2, -0.15) is 0 Å². The summed E-state index contributed by atoms with van der Waals surface area (Å²) in [5.74, 6) is 3.49. The van der Waals surface area contributed by atoms with Gasteiger partial charge in [-0.25, -0.2) is 0 Å². The fraction of sp³-hybridized carbons (Fsp3) is 0.474. The third-order valence-corrected chi connectivity index (χ3v) is 6.21. The summed E-state index contributed by atoms with van der Waals surface area (Å²) >= 11 is 1.94. The summed E-state index contributed by atoms with van der Waals surface area (Å²) in [4.78, 5) is 1.32. The van der Waals surface area contributed by atoms with Crippen molar-refractivity contribution in [2.24, 2.45) is 17.8 Å². The molecule has 0 spiro atoms. The van der Waals surface area contributed by atoms with E-state index in [-0.39, 0.29) is 0 Å². The van der Waals surface area contributed by atoms with Gasteiger partial charge in [0, 0.05) is 11.3 Å². The van der Waals surface area contributed by atoms with Gasteiger partial charge in [-0.05, 0) is 42.6 Å². The molecule has 21 heavy (non-hydrogen) atoms. The van der Waals surface area contributed by atoms with Crippen LogP contribution in [0.25, 0.3) is 10.8 Å². The smallest absolute Gasteiger partial charge is 0.151 e. The molecule has 2 aromatic rings. The van der Waals surface area contributed by atoms with E-state index in [9.17, 15) is 0 Å². The maximum absolute atomic E-state index is 6.42. The Bertz CT molecular complexity index is 656. The van der Waals surface area contributed by atoms with Gasteiger partial charge >= 0.3 is 0 Å². The average molecular weight is 298 g/mol. The molecule has 0 saturated heterocycles. The van der Waals surface area contributed by atoms with Crippen LogP contribution in [-0.4, -0.2) is 5.44 Å². The molecule has 3 atom stereocenters. The molecule has 1 heterocycles. The molecule has 0 radical (unpaired) electrons. The Hall–Kier alpha value is -1.15. The number of ether oxygens (including phenoxy) is 1. The van der Waals surface area contributed by atoms with Crippen molar-refractivity contribution < 1.29 is 4.74 Å². The highest BCUT2D eigenvalue weighted by Gasteiger charge is 2.36. The summed E-state index contributed by atoms with van der Waals surface area (Å²) in [6.07, 6.45) is 4.01. The Morgan fingerprint density at radius 2 is 1.71 bits per heavy atom. The summed E-state index contributed by atoms with van der Waals surface area (Å²) < 4.78 is 6.42. The number of rotatable bonds is 1. The summed E-state index contributed by atoms with van der Waals surface area (Å²) in [6.45, 7) is 4.79. The van der Waals surface area contributed by atoms with E-state index in [1.54, 1.807) is 0 Å². The van der Waals surface area contributed by atoms with Crippen LogP contribution in [0.2, 0.25) is 0 Å². The standard InChI is InChI=1S/C19H22OS/c1-12-9-13(2)11-15(10-12)19-20-18-16-6-4-3-5-14(16)7-8-17(18)21-19/h3-8,12-13,15,19H,9-11H2,1-2H3. The van der Waals surface area contributed by atoms with Crippen LogP contribution in [-0.2, 0) is 0 Å². The molecule has 1 saturated carbocycles. The van der Waals surface area contributed by atoms with Crippen molar-refractivity contribution in [2.75, 3.05) is 0 Å². The van der Waals surface area contributed by atoms with E-state index in [0.29, 0.717) is 11.4 Å². The second-order valence-electron chi connectivity index (χ2n) is 6.90. The molecule has 1 fully saturated rings. The van der Waals surface area contributed by atoms with Crippen LogP contribution < -0.4 is 4.74 Å². The monoisotopic (exact) mass is 298 g/mol.